The van der Waals surface area contributed by atoms with Gasteiger partial charge in [-0.15, -0.1) is 0 Å². The van der Waals surface area contributed by atoms with E-state index in [1.165, 1.54) is 25.7 Å². The minimum atomic E-state index is 0.263. The molecule has 0 radical (unpaired) electrons. The van der Waals surface area contributed by atoms with E-state index in [9.17, 15) is 4.79 Å². The van der Waals surface area contributed by atoms with Crippen LogP contribution in [0.1, 0.15) is 65.7 Å². The third-order valence-corrected chi connectivity index (χ3v) is 4.97. The second-order valence-corrected chi connectivity index (χ2v) is 7.23. The van der Waals surface area contributed by atoms with Gasteiger partial charge in [-0.3, -0.25) is 4.79 Å². The summed E-state index contributed by atoms with van der Waals surface area (Å²) in [6.07, 6.45) is 8.24. The van der Waals surface area contributed by atoms with E-state index in [4.69, 9.17) is 0 Å². The number of nitrogens with zero attached hydrogens (tertiary/aromatic N) is 1. The predicted molar refractivity (Wildman–Crippen MR) is 83.6 cm³/mol. The van der Waals surface area contributed by atoms with Crippen LogP contribution in [0.15, 0.2) is 0 Å². The van der Waals surface area contributed by atoms with Gasteiger partial charge >= 0.3 is 0 Å². The molecule has 116 valence electrons. The summed E-state index contributed by atoms with van der Waals surface area (Å²) in [7, 11) is 0. The summed E-state index contributed by atoms with van der Waals surface area (Å²) in [5.41, 5.74) is 0. The topological polar surface area (TPSA) is 32.3 Å². The zero-order chi connectivity index (χ0) is 14.5. The van der Waals surface area contributed by atoms with Crippen LogP contribution in [0.3, 0.4) is 0 Å². The van der Waals surface area contributed by atoms with Crippen molar-refractivity contribution in [3.63, 3.8) is 0 Å². The van der Waals surface area contributed by atoms with Crippen LogP contribution in [-0.4, -0.2) is 36.0 Å². The molecule has 2 unspecified atom stereocenters. The van der Waals surface area contributed by atoms with E-state index in [0.29, 0.717) is 23.9 Å². The van der Waals surface area contributed by atoms with Crippen LogP contribution in [0.25, 0.3) is 0 Å². The Morgan fingerprint density at radius 1 is 1.25 bits per heavy atom. The van der Waals surface area contributed by atoms with Crippen molar-refractivity contribution in [1.82, 2.24) is 10.2 Å². The third-order valence-electron chi connectivity index (χ3n) is 4.97. The molecule has 3 nitrogen and oxygen atoms in total. The molecule has 1 amide bonds. The average molecular weight is 280 g/mol. The van der Waals surface area contributed by atoms with Crippen molar-refractivity contribution < 1.29 is 4.79 Å². The van der Waals surface area contributed by atoms with Crippen molar-refractivity contribution in [2.75, 3.05) is 13.1 Å². The lowest BCUT2D eigenvalue weighted by molar-refractivity contribution is -0.139. The number of hydrogen-bond donors (Lipinski definition) is 1. The van der Waals surface area contributed by atoms with E-state index in [2.05, 4.69) is 31.0 Å². The minimum Gasteiger partial charge on any atom is -0.339 e. The fraction of sp³-hybridized carbons (Fsp3) is 0.941. The van der Waals surface area contributed by atoms with Gasteiger partial charge in [0.15, 0.2) is 0 Å². The highest BCUT2D eigenvalue weighted by molar-refractivity contribution is 5.79. The van der Waals surface area contributed by atoms with Crippen LogP contribution >= 0.6 is 0 Å². The molecule has 0 aromatic carbocycles. The molecule has 1 saturated carbocycles. The van der Waals surface area contributed by atoms with Crippen LogP contribution in [0.2, 0.25) is 0 Å². The Morgan fingerprint density at radius 3 is 2.55 bits per heavy atom. The first-order chi connectivity index (χ1) is 9.58. The monoisotopic (exact) mass is 280 g/mol. The van der Waals surface area contributed by atoms with E-state index in [1.807, 2.05) is 0 Å². The third kappa shape index (κ3) is 4.21. The Kier molecular flexibility index (Phi) is 5.88. The lowest BCUT2D eigenvalue weighted by atomic mass is 9.91. The number of rotatable bonds is 5. The lowest BCUT2D eigenvalue weighted by Gasteiger charge is -2.36. The molecule has 2 rings (SSSR count). The summed E-state index contributed by atoms with van der Waals surface area (Å²) in [4.78, 5) is 15.2. The van der Waals surface area contributed by atoms with E-state index >= 15 is 0 Å². The second-order valence-electron chi connectivity index (χ2n) is 7.23. The summed E-state index contributed by atoms with van der Waals surface area (Å²) in [5, 5.41) is 3.45. The van der Waals surface area contributed by atoms with Crippen molar-refractivity contribution in [1.29, 1.82) is 0 Å². The first-order valence-corrected chi connectivity index (χ1v) is 8.61. The smallest absolute Gasteiger partial charge is 0.226 e. The van der Waals surface area contributed by atoms with Gasteiger partial charge < -0.3 is 10.2 Å². The Morgan fingerprint density at radius 2 is 1.95 bits per heavy atom. The van der Waals surface area contributed by atoms with Gasteiger partial charge in [0.1, 0.15) is 0 Å². The maximum absolute atomic E-state index is 12.9. The van der Waals surface area contributed by atoms with Gasteiger partial charge in [0, 0.05) is 24.5 Å². The highest BCUT2D eigenvalue weighted by Gasteiger charge is 2.33. The number of carbonyl (C=O) groups is 1. The van der Waals surface area contributed by atoms with E-state index < -0.39 is 0 Å². The molecular weight excluding hydrogens is 248 g/mol. The van der Waals surface area contributed by atoms with Crippen LogP contribution in [0.5, 0.6) is 0 Å². The number of carbonyl (C=O) groups excluding carboxylic acids is 1. The zero-order valence-electron chi connectivity index (χ0n) is 13.5. The molecular formula is C17H32N2O. The molecule has 0 aromatic heterocycles. The van der Waals surface area contributed by atoms with Crippen molar-refractivity contribution >= 4 is 5.91 Å². The molecule has 2 atom stereocenters. The minimum absolute atomic E-state index is 0.263. The Balaban J connectivity index is 1.98. The van der Waals surface area contributed by atoms with Crippen LogP contribution in [0, 0.1) is 11.8 Å². The summed E-state index contributed by atoms with van der Waals surface area (Å²) in [6.45, 7) is 8.68. The number of nitrogens with one attached hydrogen (secondary N) is 1. The zero-order valence-corrected chi connectivity index (χ0v) is 13.5. The lowest BCUT2D eigenvalue weighted by Crippen LogP contribution is -2.47. The largest absolute Gasteiger partial charge is 0.339 e. The van der Waals surface area contributed by atoms with E-state index in [1.54, 1.807) is 0 Å². The van der Waals surface area contributed by atoms with Crippen LogP contribution in [0.4, 0.5) is 0 Å². The highest BCUT2D eigenvalue weighted by Crippen LogP contribution is 2.28. The van der Waals surface area contributed by atoms with Gasteiger partial charge in [-0.2, -0.15) is 0 Å². The Bertz CT molecular complexity index is 310. The van der Waals surface area contributed by atoms with Crippen molar-refractivity contribution in [3.05, 3.63) is 0 Å². The molecule has 0 spiro atoms. The maximum Gasteiger partial charge on any atom is 0.226 e. The molecule has 0 bridgehead atoms. The quantitative estimate of drug-likeness (QED) is 0.839. The molecule has 1 aliphatic carbocycles. The molecule has 1 saturated heterocycles. The average Bonchev–Trinajstić information content (AvgIpc) is 2.92. The van der Waals surface area contributed by atoms with E-state index in [-0.39, 0.29) is 5.92 Å². The second kappa shape index (κ2) is 7.44. The molecule has 0 aromatic rings. The molecule has 3 heteroatoms. The standard InChI is InChI=1S/C17H32N2O/c1-13(2)9-11-19(16-6-4-5-7-16)17(20)15-8-10-18-14(3)12-15/h13-16,18H,4-12H2,1-3H3. The number of amides is 1. The fourth-order valence-corrected chi connectivity index (χ4v) is 3.68. The van der Waals surface area contributed by atoms with Crippen LogP contribution in [-0.2, 0) is 4.79 Å². The first kappa shape index (κ1) is 15.8. The van der Waals surface area contributed by atoms with Gasteiger partial charge in [0.25, 0.3) is 0 Å². The molecule has 1 aliphatic heterocycles. The van der Waals surface area contributed by atoms with Crippen molar-refractivity contribution in [3.8, 4) is 0 Å². The van der Waals surface area contributed by atoms with Gasteiger partial charge in [-0.05, 0) is 51.5 Å². The SMILES string of the molecule is CC(C)CCN(C(=O)C1CCNC(C)C1)C1CCCC1. The van der Waals surface area contributed by atoms with Gasteiger partial charge in [0.05, 0.1) is 0 Å². The fourth-order valence-electron chi connectivity index (χ4n) is 3.68. The number of piperidine rings is 1. The van der Waals surface area contributed by atoms with Gasteiger partial charge in [-0.1, -0.05) is 26.7 Å². The normalized spacial score (nSPS) is 28.0. The highest BCUT2D eigenvalue weighted by atomic mass is 16.2. The predicted octanol–water partition coefficient (Wildman–Crippen LogP) is 3.19. The first-order valence-electron chi connectivity index (χ1n) is 8.61. The summed E-state index contributed by atoms with van der Waals surface area (Å²) in [6, 6.07) is 1.03. The number of hydrogen-bond acceptors (Lipinski definition) is 2. The maximum atomic E-state index is 12.9. The Labute approximate surface area is 124 Å². The van der Waals surface area contributed by atoms with E-state index in [0.717, 1.165) is 32.4 Å². The Hall–Kier alpha value is -0.570. The summed E-state index contributed by atoms with van der Waals surface area (Å²) in [5.74, 6) is 1.39. The van der Waals surface area contributed by atoms with Gasteiger partial charge in [-0.25, -0.2) is 0 Å². The molecule has 20 heavy (non-hydrogen) atoms. The van der Waals surface area contributed by atoms with Crippen LogP contribution < -0.4 is 5.32 Å². The molecule has 1 heterocycles. The summed E-state index contributed by atoms with van der Waals surface area (Å²) < 4.78 is 0. The molecule has 2 fully saturated rings. The van der Waals surface area contributed by atoms with Crippen molar-refractivity contribution in [2.45, 2.75) is 77.8 Å². The van der Waals surface area contributed by atoms with Crippen molar-refractivity contribution in [2.24, 2.45) is 11.8 Å². The molecule has 2 aliphatic rings. The summed E-state index contributed by atoms with van der Waals surface area (Å²) >= 11 is 0. The molecule has 1 N–H and O–H groups in total. The van der Waals surface area contributed by atoms with Gasteiger partial charge in [0.2, 0.25) is 5.91 Å².